The number of unbranched alkanes of at least 4 members (excludes halogenated alkanes) is 1. The lowest BCUT2D eigenvalue weighted by molar-refractivity contribution is -0.0980. The van der Waals surface area contributed by atoms with Gasteiger partial charge in [-0.1, -0.05) is 44.9 Å². The fourth-order valence-corrected chi connectivity index (χ4v) is 2.47. The highest BCUT2D eigenvalue weighted by Crippen LogP contribution is 2.33. The molecular formula is C25H34O5. The van der Waals surface area contributed by atoms with E-state index in [2.05, 4.69) is 13.8 Å². The smallest absolute Gasteiger partial charge is 0.167 e. The van der Waals surface area contributed by atoms with Gasteiger partial charge >= 0.3 is 0 Å². The van der Waals surface area contributed by atoms with Gasteiger partial charge in [-0.05, 0) is 55.5 Å². The molecule has 0 amide bonds. The van der Waals surface area contributed by atoms with Crippen LogP contribution in [0.1, 0.15) is 62.4 Å². The maximum absolute atomic E-state index is 12.1. The Morgan fingerprint density at radius 2 is 1.53 bits per heavy atom. The van der Waals surface area contributed by atoms with E-state index in [1.165, 1.54) is 25.7 Å². The number of Topliss-reactive ketones (excluding diaryl/α,β-unsaturated/α-hetero) is 1. The van der Waals surface area contributed by atoms with Gasteiger partial charge in [0.05, 0.1) is 13.7 Å². The molecule has 2 aromatic rings. The summed E-state index contributed by atoms with van der Waals surface area (Å²) in [7, 11) is 1.64. The summed E-state index contributed by atoms with van der Waals surface area (Å²) in [6.07, 6.45) is 5.06. The first-order valence-electron chi connectivity index (χ1n) is 10.4. The van der Waals surface area contributed by atoms with Crippen molar-refractivity contribution in [1.82, 2.24) is 0 Å². The van der Waals surface area contributed by atoms with E-state index in [1.54, 1.807) is 14.0 Å². The molecule has 0 bridgehead atoms. The van der Waals surface area contributed by atoms with Crippen LogP contribution in [0.3, 0.4) is 0 Å². The van der Waals surface area contributed by atoms with Gasteiger partial charge in [0, 0.05) is 0 Å². The monoisotopic (exact) mass is 414 g/mol. The molecule has 0 spiro atoms. The first-order chi connectivity index (χ1) is 14.6. The van der Waals surface area contributed by atoms with Crippen LogP contribution in [0.2, 0.25) is 0 Å². The number of carbonyl (C=O) groups is 2. The largest absolute Gasteiger partial charge is 0.497 e. The van der Waals surface area contributed by atoms with Gasteiger partial charge in [0.2, 0.25) is 0 Å². The van der Waals surface area contributed by atoms with Crippen LogP contribution in [-0.4, -0.2) is 26.3 Å². The SMILES string of the molecule is C=O.CCCC.COc1ccc(COc2cccc(OCC3CC3)c2C(C)=O)cc1. The zero-order chi connectivity index (χ0) is 22.4. The van der Waals surface area contributed by atoms with Gasteiger partial charge in [-0.2, -0.15) is 0 Å². The van der Waals surface area contributed by atoms with Crippen LogP contribution in [0.25, 0.3) is 0 Å². The van der Waals surface area contributed by atoms with E-state index >= 15 is 0 Å². The molecule has 164 valence electrons. The van der Waals surface area contributed by atoms with Crippen LogP contribution < -0.4 is 14.2 Å². The third-order valence-corrected chi connectivity index (χ3v) is 4.56. The van der Waals surface area contributed by atoms with E-state index < -0.39 is 0 Å². The van der Waals surface area contributed by atoms with Crippen LogP contribution in [0.5, 0.6) is 17.2 Å². The molecule has 1 saturated carbocycles. The second kappa shape index (κ2) is 14.2. The summed E-state index contributed by atoms with van der Waals surface area (Å²) in [4.78, 5) is 20.1. The molecule has 0 saturated heterocycles. The van der Waals surface area contributed by atoms with Crippen molar-refractivity contribution in [3.63, 3.8) is 0 Å². The predicted octanol–water partition coefficient (Wildman–Crippen LogP) is 5.89. The summed E-state index contributed by atoms with van der Waals surface area (Å²) in [6, 6.07) is 13.2. The van der Waals surface area contributed by atoms with E-state index in [-0.39, 0.29) is 5.78 Å². The van der Waals surface area contributed by atoms with Crippen LogP contribution in [0, 0.1) is 5.92 Å². The average Bonchev–Trinajstić information content (AvgIpc) is 3.62. The summed E-state index contributed by atoms with van der Waals surface area (Å²) in [5.74, 6) is 2.56. The third-order valence-electron chi connectivity index (χ3n) is 4.56. The zero-order valence-electron chi connectivity index (χ0n) is 18.6. The van der Waals surface area contributed by atoms with E-state index in [4.69, 9.17) is 19.0 Å². The molecule has 0 N–H and O–H groups in total. The normalized spacial score (nSPS) is 11.9. The lowest BCUT2D eigenvalue weighted by Crippen LogP contribution is -2.07. The van der Waals surface area contributed by atoms with Gasteiger partial charge in [0.15, 0.2) is 5.78 Å². The number of rotatable bonds is 9. The van der Waals surface area contributed by atoms with Crippen molar-refractivity contribution < 1.29 is 23.8 Å². The number of ether oxygens (including phenoxy) is 3. The van der Waals surface area contributed by atoms with Crippen LogP contribution in [0.4, 0.5) is 0 Å². The molecular weight excluding hydrogens is 380 g/mol. The van der Waals surface area contributed by atoms with E-state index in [1.807, 2.05) is 49.3 Å². The molecule has 1 aliphatic carbocycles. The lowest BCUT2D eigenvalue weighted by Gasteiger charge is -2.14. The molecule has 0 unspecified atom stereocenters. The van der Waals surface area contributed by atoms with Crippen LogP contribution in [-0.2, 0) is 11.4 Å². The molecule has 1 fully saturated rings. The highest BCUT2D eigenvalue weighted by Gasteiger charge is 2.23. The van der Waals surface area contributed by atoms with Crippen molar-refractivity contribution in [2.24, 2.45) is 5.92 Å². The number of hydrogen-bond acceptors (Lipinski definition) is 5. The molecule has 5 nitrogen and oxygen atoms in total. The summed E-state index contributed by atoms with van der Waals surface area (Å²) >= 11 is 0. The van der Waals surface area contributed by atoms with Crippen molar-refractivity contribution in [3.8, 4) is 17.2 Å². The number of ketones is 1. The third kappa shape index (κ3) is 8.68. The number of carbonyl (C=O) groups excluding carboxylic acids is 2. The minimum Gasteiger partial charge on any atom is -0.497 e. The van der Waals surface area contributed by atoms with E-state index in [9.17, 15) is 4.79 Å². The fourth-order valence-electron chi connectivity index (χ4n) is 2.47. The quantitative estimate of drug-likeness (QED) is 0.479. The molecule has 0 heterocycles. The molecule has 0 radical (unpaired) electrons. The highest BCUT2D eigenvalue weighted by molar-refractivity contribution is 5.99. The van der Waals surface area contributed by atoms with Crippen molar-refractivity contribution in [2.45, 2.75) is 53.1 Å². The zero-order valence-corrected chi connectivity index (χ0v) is 18.6. The molecule has 5 heteroatoms. The van der Waals surface area contributed by atoms with Crippen molar-refractivity contribution in [1.29, 1.82) is 0 Å². The predicted molar refractivity (Wildman–Crippen MR) is 120 cm³/mol. The molecule has 1 aliphatic rings. The Bertz CT molecular complexity index is 749. The first kappa shape index (κ1) is 25.2. The summed E-state index contributed by atoms with van der Waals surface area (Å²) in [6.45, 7) is 8.96. The van der Waals surface area contributed by atoms with Gasteiger partial charge in [0.25, 0.3) is 0 Å². The van der Waals surface area contributed by atoms with Crippen molar-refractivity contribution in [3.05, 3.63) is 53.6 Å². The summed E-state index contributed by atoms with van der Waals surface area (Å²) < 4.78 is 16.9. The van der Waals surface area contributed by atoms with E-state index in [0.29, 0.717) is 36.2 Å². The van der Waals surface area contributed by atoms with Gasteiger partial charge < -0.3 is 19.0 Å². The van der Waals surface area contributed by atoms with Crippen LogP contribution >= 0.6 is 0 Å². The Labute approximate surface area is 180 Å². The summed E-state index contributed by atoms with van der Waals surface area (Å²) in [5, 5.41) is 0. The fraction of sp³-hybridized carbons (Fsp3) is 0.440. The standard InChI is InChI=1S/C20H22O4.C4H10.CH2O/c1-14(21)20-18(23-12-15-6-7-15)4-3-5-19(20)24-13-16-8-10-17(22-2)11-9-16;1-3-4-2;1-2/h3-5,8-11,15H,6-7,12-13H2,1-2H3;3-4H2,1-2H3;1H2. The number of hydrogen-bond donors (Lipinski definition) is 0. The Hall–Kier alpha value is -2.82. The Balaban J connectivity index is 0.000000673. The first-order valence-corrected chi connectivity index (χ1v) is 10.4. The summed E-state index contributed by atoms with van der Waals surface area (Å²) in [5.41, 5.74) is 1.53. The van der Waals surface area contributed by atoms with Crippen molar-refractivity contribution >= 4 is 12.6 Å². The van der Waals surface area contributed by atoms with E-state index in [0.717, 1.165) is 11.3 Å². The second-order valence-electron chi connectivity index (χ2n) is 7.08. The maximum atomic E-state index is 12.1. The van der Waals surface area contributed by atoms with Crippen molar-refractivity contribution in [2.75, 3.05) is 13.7 Å². The molecule has 2 aromatic carbocycles. The topological polar surface area (TPSA) is 61.8 Å². The van der Waals surface area contributed by atoms with Crippen LogP contribution in [0.15, 0.2) is 42.5 Å². The average molecular weight is 415 g/mol. The minimum atomic E-state index is -0.0499. The highest BCUT2D eigenvalue weighted by atomic mass is 16.5. The Kier molecular flexibility index (Phi) is 11.9. The molecule has 0 atom stereocenters. The van der Waals surface area contributed by atoms with Gasteiger partial charge in [-0.25, -0.2) is 0 Å². The van der Waals surface area contributed by atoms with Gasteiger partial charge in [0.1, 0.15) is 36.2 Å². The van der Waals surface area contributed by atoms with Gasteiger partial charge in [-0.3, -0.25) is 4.79 Å². The Morgan fingerprint density at radius 1 is 0.967 bits per heavy atom. The lowest BCUT2D eigenvalue weighted by atomic mass is 10.1. The molecule has 3 rings (SSSR count). The number of benzene rings is 2. The molecule has 30 heavy (non-hydrogen) atoms. The second-order valence-corrected chi connectivity index (χ2v) is 7.08. The molecule has 0 aliphatic heterocycles. The maximum Gasteiger partial charge on any atom is 0.167 e. The van der Waals surface area contributed by atoms with Gasteiger partial charge in [-0.15, -0.1) is 0 Å². The minimum absolute atomic E-state index is 0.0499. The number of methoxy groups -OCH3 is 1. The molecule has 0 aromatic heterocycles. The Morgan fingerprint density at radius 3 is 2.00 bits per heavy atom.